The second-order valence-electron chi connectivity index (χ2n) is 5.71. The van der Waals surface area contributed by atoms with Gasteiger partial charge in [0.25, 0.3) is 0 Å². The van der Waals surface area contributed by atoms with E-state index in [1.807, 2.05) is 36.4 Å². The molecule has 0 amide bonds. The molecule has 24 heavy (non-hydrogen) atoms. The normalized spacial score (nSPS) is 12.5. The van der Waals surface area contributed by atoms with Gasteiger partial charge in [0.2, 0.25) is 0 Å². The van der Waals surface area contributed by atoms with Gasteiger partial charge in [-0.15, -0.1) is 11.8 Å². The average Bonchev–Trinajstić information content (AvgIpc) is 3.06. The summed E-state index contributed by atoms with van der Waals surface area (Å²) in [5.41, 5.74) is 1.10. The predicted octanol–water partition coefficient (Wildman–Crippen LogP) is 5.70. The Labute approximate surface area is 158 Å². The van der Waals surface area contributed by atoms with Gasteiger partial charge < -0.3 is 9.30 Å². The number of benzene rings is 1. The Morgan fingerprint density at radius 2 is 2.17 bits per heavy atom. The van der Waals surface area contributed by atoms with Crippen molar-refractivity contribution in [2.24, 2.45) is 0 Å². The van der Waals surface area contributed by atoms with Gasteiger partial charge in [-0.25, -0.2) is 4.98 Å². The Morgan fingerprint density at radius 1 is 1.29 bits per heavy atom. The summed E-state index contributed by atoms with van der Waals surface area (Å²) < 4.78 is 7.97. The van der Waals surface area contributed by atoms with E-state index in [2.05, 4.69) is 16.5 Å². The van der Waals surface area contributed by atoms with Crippen LogP contribution in [0.5, 0.6) is 0 Å². The van der Waals surface area contributed by atoms with Crippen molar-refractivity contribution in [1.29, 1.82) is 0 Å². The van der Waals surface area contributed by atoms with Crippen molar-refractivity contribution in [2.45, 2.75) is 43.7 Å². The summed E-state index contributed by atoms with van der Waals surface area (Å²) >= 11 is 14.1. The molecule has 3 nitrogen and oxygen atoms in total. The van der Waals surface area contributed by atoms with Crippen LogP contribution in [0.2, 0.25) is 10.0 Å². The highest BCUT2D eigenvalue weighted by Gasteiger charge is 2.12. The second-order valence-corrected chi connectivity index (χ2v) is 7.84. The Hall–Kier alpha value is -0.680. The van der Waals surface area contributed by atoms with Gasteiger partial charge in [-0.05, 0) is 24.1 Å². The van der Waals surface area contributed by atoms with Gasteiger partial charge >= 0.3 is 0 Å². The molecule has 0 bridgehead atoms. The summed E-state index contributed by atoms with van der Waals surface area (Å²) in [7, 11) is 0. The van der Waals surface area contributed by atoms with Gasteiger partial charge in [0.15, 0.2) is 0 Å². The number of halogens is 2. The Morgan fingerprint density at radius 3 is 2.88 bits per heavy atom. The van der Waals surface area contributed by atoms with Crippen LogP contribution in [0.4, 0.5) is 0 Å². The molecule has 0 radical (unpaired) electrons. The van der Waals surface area contributed by atoms with Crippen LogP contribution in [0.15, 0.2) is 36.9 Å². The molecule has 1 unspecified atom stereocenters. The van der Waals surface area contributed by atoms with Crippen molar-refractivity contribution in [3.8, 4) is 0 Å². The Bertz CT molecular complexity index is 593. The average molecular weight is 387 g/mol. The van der Waals surface area contributed by atoms with E-state index in [1.54, 1.807) is 12.3 Å². The molecule has 132 valence electrons. The summed E-state index contributed by atoms with van der Waals surface area (Å²) in [6.45, 7) is 4.64. The largest absolute Gasteiger partial charge is 0.380 e. The Balaban J connectivity index is 1.86. The first kappa shape index (κ1) is 19.6. The van der Waals surface area contributed by atoms with Crippen molar-refractivity contribution in [3.63, 3.8) is 0 Å². The second kappa shape index (κ2) is 11.0. The maximum Gasteiger partial charge on any atom is 0.0946 e. The molecule has 1 aromatic heterocycles. The fourth-order valence-electron chi connectivity index (χ4n) is 2.30. The van der Waals surface area contributed by atoms with Crippen LogP contribution >= 0.6 is 35.0 Å². The molecule has 2 aromatic rings. The standard InChI is InChI=1S/C18H24Cl2N2OS/c1-2-3-4-9-23-12-17(11-22-8-7-21-14-22)24-13-15-5-6-16(19)10-18(15)20/h5-8,10,14,17H,2-4,9,11-13H2,1H3. The SMILES string of the molecule is CCCCCOCC(Cn1ccnc1)SCc1ccc(Cl)cc1Cl. The van der Waals surface area contributed by atoms with Crippen LogP contribution in [-0.2, 0) is 17.0 Å². The molecule has 0 aliphatic rings. The van der Waals surface area contributed by atoms with Crippen LogP contribution in [0.1, 0.15) is 31.7 Å². The lowest BCUT2D eigenvalue weighted by atomic mass is 10.2. The first-order valence-corrected chi connectivity index (χ1v) is 10.1. The molecule has 0 spiro atoms. The molecule has 0 saturated heterocycles. The lowest BCUT2D eigenvalue weighted by Crippen LogP contribution is -2.19. The van der Waals surface area contributed by atoms with Gasteiger partial charge in [-0.2, -0.15) is 0 Å². The van der Waals surface area contributed by atoms with E-state index in [0.717, 1.165) is 42.5 Å². The van der Waals surface area contributed by atoms with Crippen molar-refractivity contribution in [1.82, 2.24) is 9.55 Å². The summed E-state index contributed by atoms with van der Waals surface area (Å²) in [5, 5.41) is 1.75. The van der Waals surface area contributed by atoms with Gasteiger partial charge in [-0.1, -0.05) is 49.0 Å². The van der Waals surface area contributed by atoms with E-state index in [0.29, 0.717) is 10.3 Å². The van der Waals surface area contributed by atoms with Crippen molar-refractivity contribution < 1.29 is 4.74 Å². The quantitative estimate of drug-likeness (QED) is 0.463. The fraction of sp³-hybridized carbons (Fsp3) is 0.500. The summed E-state index contributed by atoms with van der Waals surface area (Å²) in [4.78, 5) is 4.12. The minimum Gasteiger partial charge on any atom is -0.380 e. The molecule has 1 aromatic carbocycles. The molecule has 2 rings (SSSR count). The molecule has 0 aliphatic heterocycles. The summed E-state index contributed by atoms with van der Waals surface area (Å²) in [6, 6.07) is 5.68. The number of aromatic nitrogens is 2. The number of hydrogen-bond acceptors (Lipinski definition) is 3. The third kappa shape index (κ3) is 7.06. The summed E-state index contributed by atoms with van der Waals surface area (Å²) in [6.07, 6.45) is 9.20. The third-order valence-electron chi connectivity index (χ3n) is 3.66. The van der Waals surface area contributed by atoms with Gasteiger partial charge in [-0.3, -0.25) is 0 Å². The van der Waals surface area contributed by atoms with E-state index in [1.165, 1.54) is 12.8 Å². The van der Waals surface area contributed by atoms with Crippen LogP contribution in [0.25, 0.3) is 0 Å². The van der Waals surface area contributed by atoms with Gasteiger partial charge in [0.05, 0.1) is 12.9 Å². The van der Waals surface area contributed by atoms with E-state index < -0.39 is 0 Å². The molecule has 0 N–H and O–H groups in total. The lowest BCUT2D eigenvalue weighted by Gasteiger charge is -2.18. The highest BCUT2D eigenvalue weighted by Crippen LogP contribution is 2.27. The first-order valence-electron chi connectivity index (χ1n) is 8.28. The van der Waals surface area contributed by atoms with Gasteiger partial charge in [0.1, 0.15) is 0 Å². The molecule has 1 atom stereocenters. The van der Waals surface area contributed by atoms with Crippen molar-refractivity contribution in [2.75, 3.05) is 13.2 Å². The molecular weight excluding hydrogens is 363 g/mol. The number of ether oxygens (including phenoxy) is 1. The van der Waals surface area contributed by atoms with E-state index in [4.69, 9.17) is 27.9 Å². The number of nitrogens with zero attached hydrogens (tertiary/aromatic N) is 2. The first-order chi connectivity index (χ1) is 11.7. The highest BCUT2D eigenvalue weighted by atomic mass is 35.5. The minimum atomic E-state index is 0.354. The maximum atomic E-state index is 6.27. The zero-order valence-electron chi connectivity index (χ0n) is 14.0. The molecular formula is C18H24Cl2N2OS. The summed E-state index contributed by atoms with van der Waals surface area (Å²) in [5.74, 6) is 0.841. The monoisotopic (exact) mass is 386 g/mol. The number of rotatable bonds is 11. The zero-order valence-corrected chi connectivity index (χ0v) is 16.3. The number of hydrogen-bond donors (Lipinski definition) is 0. The predicted molar refractivity (Wildman–Crippen MR) is 104 cm³/mol. The third-order valence-corrected chi connectivity index (χ3v) is 5.48. The molecule has 0 saturated carbocycles. The van der Waals surface area contributed by atoms with Crippen molar-refractivity contribution in [3.05, 3.63) is 52.5 Å². The zero-order chi connectivity index (χ0) is 17.2. The highest BCUT2D eigenvalue weighted by molar-refractivity contribution is 7.99. The van der Waals surface area contributed by atoms with Crippen LogP contribution in [0.3, 0.4) is 0 Å². The number of thioether (sulfide) groups is 1. The fourth-order valence-corrected chi connectivity index (χ4v) is 3.99. The smallest absolute Gasteiger partial charge is 0.0946 e. The molecule has 0 aliphatic carbocycles. The van der Waals surface area contributed by atoms with Crippen LogP contribution in [0, 0.1) is 0 Å². The van der Waals surface area contributed by atoms with E-state index in [-0.39, 0.29) is 0 Å². The van der Waals surface area contributed by atoms with E-state index in [9.17, 15) is 0 Å². The van der Waals surface area contributed by atoms with Crippen molar-refractivity contribution >= 4 is 35.0 Å². The van der Waals surface area contributed by atoms with Gasteiger partial charge in [0, 0.05) is 46.6 Å². The molecule has 6 heteroatoms. The molecule has 1 heterocycles. The number of unbranched alkanes of at least 4 members (excludes halogenated alkanes) is 2. The maximum absolute atomic E-state index is 6.27. The topological polar surface area (TPSA) is 27.1 Å². The molecule has 0 fully saturated rings. The Kier molecular flexibility index (Phi) is 9.03. The van der Waals surface area contributed by atoms with Crippen LogP contribution < -0.4 is 0 Å². The van der Waals surface area contributed by atoms with E-state index >= 15 is 0 Å². The minimum absolute atomic E-state index is 0.354. The number of imidazole rings is 1. The lowest BCUT2D eigenvalue weighted by molar-refractivity contribution is 0.128. The van der Waals surface area contributed by atoms with Crippen LogP contribution in [-0.4, -0.2) is 28.0 Å².